The topological polar surface area (TPSA) is 113 Å². The second-order valence-electron chi connectivity index (χ2n) is 3.95. The summed E-state index contributed by atoms with van der Waals surface area (Å²) in [5.74, 6) is -1.30. The van der Waals surface area contributed by atoms with Crippen LogP contribution in [-0.4, -0.2) is 39.9 Å². The maximum Gasteiger partial charge on any atom is 0.332 e. The number of aliphatic hydroxyl groups is 1. The molecule has 0 aliphatic rings. The van der Waals surface area contributed by atoms with Gasteiger partial charge in [-0.2, -0.15) is 0 Å². The summed E-state index contributed by atoms with van der Waals surface area (Å²) in [6, 6.07) is 5.21. The first kappa shape index (κ1) is 14.2. The van der Waals surface area contributed by atoms with Crippen LogP contribution in [0.5, 0.6) is 0 Å². The van der Waals surface area contributed by atoms with Crippen molar-refractivity contribution in [3.63, 3.8) is 0 Å². The Hall–Kier alpha value is -2.19. The SMILES string of the molecule is O=C(NCCC(O)C(=O)O)c1cc(-c2cccs2)on1. The zero-order chi connectivity index (χ0) is 14.5. The number of nitrogens with zero attached hydrogens (tertiary/aromatic N) is 1. The molecule has 20 heavy (non-hydrogen) atoms. The number of aliphatic carboxylic acids is 1. The van der Waals surface area contributed by atoms with Crippen molar-refractivity contribution in [2.75, 3.05) is 6.54 Å². The molecule has 2 rings (SSSR count). The molecule has 2 aromatic rings. The quantitative estimate of drug-likeness (QED) is 0.732. The molecule has 0 fully saturated rings. The van der Waals surface area contributed by atoms with Crippen molar-refractivity contribution < 1.29 is 24.3 Å². The van der Waals surface area contributed by atoms with Crippen LogP contribution in [0, 0.1) is 0 Å². The van der Waals surface area contributed by atoms with Crippen LogP contribution in [0.3, 0.4) is 0 Å². The number of thiophene rings is 1. The fraction of sp³-hybridized carbons (Fsp3) is 0.250. The second-order valence-corrected chi connectivity index (χ2v) is 4.90. The van der Waals surface area contributed by atoms with Gasteiger partial charge in [-0.25, -0.2) is 4.79 Å². The molecule has 0 aromatic carbocycles. The minimum absolute atomic E-state index is 0.0352. The normalized spacial score (nSPS) is 12.1. The van der Waals surface area contributed by atoms with E-state index in [1.165, 1.54) is 17.4 Å². The van der Waals surface area contributed by atoms with Crippen molar-refractivity contribution >= 4 is 23.2 Å². The highest BCUT2D eigenvalue weighted by Gasteiger charge is 2.16. The highest BCUT2D eigenvalue weighted by molar-refractivity contribution is 7.13. The number of nitrogens with one attached hydrogen (secondary N) is 1. The van der Waals surface area contributed by atoms with E-state index in [9.17, 15) is 9.59 Å². The molecule has 0 aliphatic carbocycles. The minimum Gasteiger partial charge on any atom is -0.479 e. The maximum atomic E-state index is 11.7. The zero-order valence-electron chi connectivity index (χ0n) is 10.3. The highest BCUT2D eigenvalue weighted by atomic mass is 32.1. The third kappa shape index (κ3) is 3.43. The van der Waals surface area contributed by atoms with Crippen LogP contribution in [0.15, 0.2) is 28.1 Å². The summed E-state index contributed by atoms with van der Waals surface area (Å²) in [7, 11) is 0. The number of hydrogen-bond donors (Lipinski definition) is 3. The molecule has 1 atom stereocenters. The van der Waals surface area contributed by atoms with Crippen LogP contribution in [0.1, 0.15) is 16.9 Å². The van der Waals surface area contributed by atoms with Gasteiger partial charge in [-0.05, 0) is 11.4 Å². The van der Waals surface area contributed by atoms with Crippen LogP contribution in [0.25, 0.3) is 10.6 Å². The van der Waals surface area contributed by atoms with Gasteiger partial charge in [0.1, 0.15) is 0 Å². The van der Waals surface area contributed by atoms with Gasteiger partial charge in [0.05, 0.1) is 4.88 Å². The van der Waals surface area contributed by atoms with E-state index in [1.54, 1.807) is 0 Å². The summed E-state index contributed by atoms with van der Waals surface area (Å²) in [5.41, 5.74) is 0.109. The molecule has 0 radical (unpaired) electrons. The summed E-state index contributed by atoms with van der Waals surface area (Å²) in [4.78, 5) is 23.0. The van der Waals surface area contributed by atoms with Gasteiger partial charge in [0, 0.05) is 19.0 Å². The molecule has 0 spiro atoms. The number of amides is 1. The van der Waals surface area contributed by atoms with E-state index in [4.69, 9.17) is 14.7 Å². The van der Waals surface area contributed by atoms with Gasteiger partial charge in [-0.15, -0.1) is 11.3 Å². The standard InChI is InChI=1S/C12H12N2O5S/c15-8(12(17)18)3-4-13-11(16)7-6-9(19-14-7)10-2-1-5-20-10/h1-2,5-6,8,15H,3-4H2,(H,13,16)(H,17,18). The molecule has 2 aromatic heterocycles. The fourth-order valence-electron chi connectivity index (χ4n) is 1.45. The Balaban J connectivity index is 1.89. The van der Waals surface area contributed by atoms with Crippen molar-refractivity contribution in [1.82, 2.24) is 10.5 Å². The summed E-state index contributed by atoms with van der Waals surface area (Å²) >= 11 is 1.46. The molecule has 8 heteroatoms. The highest BCUT2D eigenvalue weighted by Crippen LogP contribution is 2.24. The van der Waals surface area contributed by atoms with Crippen molar-refractivity contribution in [1.29, 1.82) is 0 Å². The summed E-state index contributed by atoms with van der Waals surface area (Å²) < 4.78 is 5.05. The number of carboxylic acids is 1. The first-order chi connectivity index (χ1) is 9.58. The largest absolute Gasteiger partial charge is 0.479 e. The lowest BCUT2D eigenvalue weighted by atomic mass is 10.2. The van der Waals surface area contributed by atoms with Gasteiger partial charge >= 0.3 is 5.97 Å². The lowest BCUT2D eigenvalue weighted by Crippen LogP contribution is -2.30. The number of hydrogen-bond acceptors (Lipinski definition) is 6. The molecule has 1 unspecified atom stereocenters. The number of aliphatic hydroxyl groups excluding tert-OH is 1. The lowest BCUT2D eigenvalue weighted by molar-refractivity contribution is -0.146. The first-order valence-corrected chi connectivity index (χ1v) is 6.65. The smallest absolute Gasteiger partial charge is 0.332 e. The van der Waals surface area contributed by atoms with Gasteiger partial charge in [0.15, 0.2) is 17.6 Å². The third-order valence-electron chi connectivity index (χ3n) is 2.50. The van der Waals surface area contributed by atoms with E-state index >= 15 is 0 Å². The second kappa shape index (κ2) is 6.31. The Morgan fingerprint density at radius 2 is 2.30 bits per heavy atom. The summed E-state index contributed by atoms with van der Waals surface area (Å²) in [6.45, 7) is 0.0352. The Labute approximate surface area is 117 Å². The monoisotopic (exact) mass is 296 g/mol. The molecule has 0 saturated heterocycles. The number of rotatable bonds is 6. The lowest BCUT2D eigenvalue weighted by Gasteiger charge is -2.05. The number of carbonyl (C=O) groups is 2. The predicted octanol–water partition coefficient (Wildman–Crippen LogP) is 0.968. The van der Waals surface area contributed by atoms with E-state index in [1.807, 2.05) is 17.5 Å². The Morgan fingerprint density at radius 1 is 1.50 bits per heavy atom. The molecule has 0 bridgehead atoms. The van der Waals surface area contributed by atoms with Crippen LogP contribution in [0.2, 0.25) is 0 Å². The Kier molecular flexibility index (Phi) is 4.49. The van der Waals surface area contributed by atoms with Crippen molar-refractivity contribution in [2.24, 2.45) is 0 Å². The molecular weight excluding hydrogens is 284 g/mol. The van der Waals surface area contributed by atoms with Gasteiger partial charge in [0.25, 0.3) is 5.91 Å². The summed E-state index contributed by atoms with van der Waals surface area (Å²) in [6.07, 6.45) is -1.56. The number of carbonyl (C=O) groups excluding carboxylic acids is 1. The van der Waals surface area contributed by atoms with Gasteiger partial charge in [0.2, 0.25) is 0 Å². The average Bonchev–Trinajstić information content (AvgIpc) is 3.08. The third-order valence-corrected chi connectivity index (χ3v) is 3.38. The van der Waals surface area contributed by atoms with Crippen LogP contribution < -0.4 is 5.32 Å². The van der Waals surface area contributed by atoms with E-state index in [0.29, 0.717) is 5.76 Å². The van der Waals surface area contributed by atoms with Gasteiger partial charge in [-0.1, -0.05) is 11.2 Å². The Morgan fingerprint density at radius 3 is 2.95 bits per heavy atom. The number of aromatic nitrogens is 1. The fourth-order valence-corrected chi connectivity index (χ4v) is 2.13. The molecular formula is C12H12N2O5S. The molecule has 2 heterocycles. The van der Waals surface area contributed by atoms with Crippen LogP contribution in [-0.2, 0) is 4.79 Å². The van der Waals surface area contributed by atoms with Crippen LogP contribution in [0.4, 0.5) is 0 Å². The van der Waals surface area contributed by atoms with E-state index in [0.717, 1.165) is 4.88 Å². The van der Waals surface area contributed by atoms with E-state index < -0.39 is 18.0 Å². The zero-order valence-corrected chi connectivity index (χ0v) is 11.1. The van der Waals surface area contributed by atoms with Crippen molar-refractivity contribution in [3.8, 4) is 10.6 Å². The van der Waals surface area contributed by atoms with Gasteiger partial charge in [-0.3, -0.25) is 4.79 Å². The van der Waals surface area contributed by atoms with Crippen molar-refractivity contribution in [3.05, 3.63) is 29.3 Å². The molecule has 0 aliphatic heterocycles. The summed E-state index contributed by atoms with van der Waals surface area (Å²) in [5, 5.41) is 25.5. The van der Waals surface area contributed by atoms with E-state index in [-0.39, 0.29) is 18.7 Å². The minimum atomic E-state index is -1.49. The first-order valence-electron chi connectivity index (χ1n) is 5.77. The predicted molar refractivity (Wildman–Crippen MR) is 70.4 cm³/mol. The number of carboxylic acid groups (broad SMARTS) is 1. The van der Waals surface area contributed by atoms with Crippen LogP contribution >= 0.6 is 11.3 Å². The van der Waals surface area contributed by atoms with Gasteiger partial charge < -0.3 is 20.1 Å². The molecule has 7 nitrogen and oxygen atoms in total. The van der Waals surface area contributed by atoms with Crippen molar-refractivity contribution in [2.45, 2.75) is 12.5 Å². The molecule has 106 valence electrons. The molecule has 0 saturated carbocycles. The maximum absolute atomic E-state index is 11.7. The molecule has 1 amide bonds. The average molecular weight is 296 g/mol. The molecule has 3 N–H and O–H groups in total. The Bertz CT molecular complexity index is 593. The van der Waals surface area contributed by atoms with E-state index in [2.05, 4.69) is 10.5 Å².